The maximum atomic E-state index is 13.4. The quantitative estimate of drug-likeness (QED) is 0.691. The lowest BCUT2D eigenvalue weighted by Crippen LogP contribution is -2.43. The Morgan fingerprint density at radius 2 is 2.10 bits per heavy atom. The van der Waals surface area contributed by atoms with Gasteiger partial charge >= 0.3 is 0 Å². The molecule has 0 spiro atoms. The molecule has 1 saturated heterocycles. The van der Waals surface area contributed by atoms with Crippen LogP contribution in [-0.4, -0.2) is 34.8 Å². The average Bonchev–Trinajstić information content (AvgIpc) is 3.42. The molecule has 6 nitrogen and oxygen atoms in total. The number of hydrogen-bond acceptors (Lipinski definition) is 5. The van der Waals surface area contributed by atoms with Crippen LogP contribution in [0.1, 0.15) is 23.2 Å². The first-order valence-electron chi connectivity index (χ1n) is 9.04. The number of carbonyl (C=O) groups is 2. The van der Waals surface area contributed by atoms with Gasteiger partial charge in [0.1, 0.15) is 6.26 Å². The number of aromatic nitrogens is 1. The molecular formula is C20H17F2N3O3S. The van der Waals surface area contributed by atoms with Crippen LogP contribution >= 0.6 is 11.3 Å². The van der Waals surface area contributed by atoms with Crippen molar-refractivity contribution in [3.8, 4) is 11.3 Å². The highest BCUT2D eigenvalue weighted by Crippen LogP contribution is 2.27. The molecule has 1 N–H and O–H groups in total. The summed E-state index contributed by atoms with van der Waals surface area (Å²) in [5.41, 5.74) is 1.34. The zero-order valence-electron chi connectivity index (χ0n) is 15.2. The van der Waals surface area contributed by atoms with E-state index >= 15 is 0 Å². The smallest absolute Gasteiger partial charge is 0.257 e. The number of amides is 2. The summed E-state index contributed by atoms with van der Waals surface area (Å²) in [5, 5.41) is 4.80. The largest absolute Gasteiger partial charge is 0.472 e. The Hall–Kier alpha value is -3.07. The van der Waals surface area contributed by atoms with Gasteiger partial charge in [0.05, 0.1) is 23.4 Å². The molecule has 0 saturated carbocycles. The normalized spacial score (nSPS) is 16.6. The second-order valence-electron chi connectivity index (χ2n) is 6.76. The molecule has 9 heteroatoms. The van der Waals surface area contributed by atoms with Crippen molar-refractivity contribution in [2.75, 3.05) is 18.4 Å². The number of thiazole rings is 1. The van der Waals surface area contributed by atoms with Crippen LogP contribution in [0.4, 0.5) is 13.9 Å². The van der Waals surface area contributed by atoms with Crippen molar-refractivity contribution in [3.63, 3.8) is 0 Å². The van der Waals surface area contributed by atoms with E-state index in [4.69, 9.17) is 4.42 Å². The predicted molar refractivity (Wildman–Crippen MR) is 103 cm³/mol. The summed E-state index contributed by atoms with van der Waals surface area (Å²) >= 11 is 1.20. The highest BCUT2D eigenvalue weighted by Gasteiger charge is 2.29. The number of piperidine rings is 1. The number of nitrogens with one attached hydrogen (secondary N) is 1. The second-order valence-corrected chi connectivity index (χ2v) is 7.62. The molecule has 3 heterocycles. The molecule has 0 aliphatic carbocycles. The molecule has 1 aromatic carbocycles. The summed E-state index contributed by atoms with van der Waals surface area (Å²) in [6, 6.07) is 5.13. The Balaban J connectivity index is 1.41. The maximum Gasteiger partial charge on any atom is 0.257 e. The van der Waals surface area contributed by atoms with Gasteiger partial charge in [0, 0.05) is 24.0 Å². The summed E-state index contributed by atoms with van der Waals surface area (Å²) in [4.78, 5) is 31.1. The minimum Gasteiger partial charge on any atom is -0.472 e. The lowest BCUT2D eigenvalue weighted by molar-refractivity contribution is -0.121. The van der Waals surface area contributed by atoms with Crippen LogP contribution in [0.3, 0.4) is 0 Å². The van der Waals surface area contributed by atoms with E-state index in [0.717, 1.165) is 18.6 Å². The fourth-order valence-electron chi connectivity index (χ4n) is 3.27. The summed E-state index contributed by atoms with van der Waals surface area (Å²) in [7, 11) is 0. The van der Waals surface area contributed by atoms with Gasteiger partial charge in [-0.2, -0.15) is 0 Å². The minimum absolute atomic E-state index is 0.161. The van der Waals surface area contributed by atoms with Crippen molar-refractivity contribution in [2.24, 2.45) is 5.92 Å². The van der Waals surface area contributed by atoms with Gasteiger partial charge in [0.2, 0.25) is 5.91 Å². The molecule has 29 heavy (non-hydrogen) atoms. The molecule has 4 rings (SSSR count). The van der Waals surface area contributed by atoms with E-state index in [1.54, 1.807) is 16.3 Å². The van der Waals surface area contributed by atoms with Gasteiger partial charge in [-0.15, -0.1) is 11.3 Å². The van der Waals surface area contributed by atoms with Gasteiger partial charge in [0.15, 0.2) is 16.8 Å². The zero-order valence-corrected chi connectivity index (χ0v) is 16.0. The number of likely N-dealkylation sites (tertiary alicyclic amines) is 1. The maximum absolute atomic E-state index is 13.4. The number of carbonyl (C=O) groups excluding carboxylic acids is 2. The van der Waals surface area contributed by atoms with Crippen molar-refractivity contribution in [1.29, 1.82) is 0 Å². The third-order valence-corrected chi connectivity index (χ3v) is 5.55. The molecule has 1 aliphatic rings. The first-order valence-corrected chi connectivity index (χ1v) is 9.92. The van der Waals surface area contributed by atoms with Crippen LogP contribution in [0.25, 0.3) is 11.3 Å². The van der Waals surface area contributed by atoms with Crippen molar-refractivity contribution >= 4 is 28.3 Å². The van der Waals surface area contributed by atoms with Crippen LogP contribution in [0.2, 0.25) is 0 Å². The molecule has 2 amide bonds. The minimum atomic E-state index is -0.953. The van der Waals surface area contributed by atoms with Crippen LogP contribution < -0.4 is 5.32 Å². The van der Waals surface area contributed by atoms with E-state index in [-0.39, 0.29) is 17.7 Å². The topological polar surface area (TPSA) is 75.4 Å². The summed E-state index contributed by atoms with van der Waals surface area (Å²) in [5.74, 6) is -2.61. The first kappa shape index (κ1) is 19.3. The lowest BCUT2D eigenvalue weighted by atomic mass is 9.97. The van der Waals surface area contributed by atoms with Gasteiger partial charge in [-0.05, 0) is 37.1 Å². The summed E-state index contributed by atoms with van der Waals surface area (Å²) < 4.78 is 31.5. The van der Waals surface area contributed by atoms with Crippen LogP contribution in [-0.2, 0) is 4.79 Å². The fraction of sp³-hybridized carbons (Fsp3) is 0.250. The van der Waals surface area contributed by atoms with E-state index in [9.17, 15) is 18.4 Å². The highest BCUT2D eigenvalue weighted by atomic mass is 32.1. The number of furan rings is 1. The number of rotatable bonds is 4. The summed E-state index contributed by atoms with van der Waals surface area (Å²) in [6.07, 6.45) is 4.22. The van der Waals surface area contributed by atoms with Crippen LogP contribution in [0, 0.1) is 17.6 Å². The summed E-state index contributed by atoms with van der Waals surface area (Å²) in [6.45, 7) is 0.905. The molecule has 1 unspecified atom stereocenters. The molecule has 150 valence electrons. The van der Waals surface area contributed by atoms with Gasteiger partial charge in [-0.1, -0.05) is 0 Å². The third-order valence-electron chi connectivity index (χ3n) is 4.80. The van der Waals surface area contributed by atoms with E-state index < -0.39 is 11.6 Å². The molecule has 1 aliphatic heterocycles. The van der Waals surface area contributed by atoms with Crippen LogP contribution in [0.15, 0.2) is 46.6 Å². The van der Waals surface area contributed by atoms with Crippen molar-refractivity contribution in [3.05, 3.63) is 59.4 Å². The monoisotopic (exact) mass is 417 g/mol. The molecule has 0 bridgehead atoms. The van der Waals surface area contributed by atoms with E-state index in [0.29, 0.717) is 41.5 Å². The lowest BCUT2D eigenvalue weighted by Gasteiger charge is -2.31. The Morgan fingerprint density at radius 1 is 1.24 bits per heavy atom. The fourth-order valence-corrected chi connectivity index (χ4v) is 3.99. The number of hydrogen-bond donors (Lipinski definition) is 1. The molecule has 3 aromatic rings. The highest BCUT2D eigenvalue weighted by molar-refractivity contribution is 7.14. The second kappa shape index (κ2) is 8.12. The van der Waals surface area contributed by atoms with E-state index in [1.165, 1.54) is 29.9 Å². The van der Waals surface area contributed by atoms with Gasteiger partial charge < -0.3 is 14.6 Å². The Kier molecular flexibility index (Phi) is 5.39. The van der Waals surface area contributed by atoms with E-state index in [1.807, 2.05) is 0 Å². The molecular weight excluding hydrogens is 400 g/mol. The van der Waals surface area contributed by atoms with Gasteiger partial charge in [0.25, 0.3) is 5.91 Å². The predicted octanol–water partition coefficient (Wildman–Crippen LogP) is 4.17. The van der Waals surface area contributed by atoms with Crippen molar-refractivity contribution in [2.45, 2.75) is 12.8 Å². The Labute approximate surface area is 169 Å². The number of halogens is 2. The number of nitrogens with zero attached hydrogens (tertiary/aromatic N) is 2. The molecule has 1 atom stereocenters. The SMILES string of the molecule is O=C(Nc1nc(-c2ccc(F)c(F)c2)cs1)C1CCCN(C(=O)c2ccoc2)C1. The standard InChI is InChI=1S/C20H17F2N3O3S/c21-15-4-3-12(8-16(15)22)17-11-29-20(23-17)24-18(26)13-2-1-6-25(9-13)19(27)14-5-7-28-10-14/h3-5,7-8,10-11,13H,1-2,6,9H2,(H,23,24,26). The Bertz CT molecular complexity index is 1040. The van der Waals surface area contributed by atoms with Crippen LogP contribution in [0.5, 0.6) is 0 Å². The molecule has 1 fully saturated rings. The van der Waals surface area contributed by atoms with E-state index in [2.05, 4.69) is 10.3 Å². The van der Waals surface area contributed by atoms with Gasteiger partial charge in [-0.3, -0.25) is 9.59 Å². The van der Waals surface area contributed by atoms with Crippen molar-refractivity contribution in [1.82, 2.24) is 9.88 Å². The van der Waals surface area contributed by atoms with Crippen molar-refractivity contribution < 1.29 is 22.8 Å². The molecule has 0 radical (unpaired) electrons. The first-order chi connectivity index (χ1) is 14.0. The third kappa shape index (κ3) is 4.19. The van der Waals surface area contributed by atoms with Gasteiger partial charge in [-0.25, -0.2) is 13.8 Å². The number of anilines is 1. The zero-order chi connectivity index (χ0) is 20.4. The average molecular weight is 417 g/mol. The Morgan fingerprint density at radius 3 is 2.86 bits per heavy atom. The number of benzene rings is 1. The molecule has 2 aromatic heterocycles.